The van der Waals surface area contributed by atoms with Gasteiger partial charge in [-0.1, -0.05) is 0 Å². The summed E-state index contributed by atoms with van der Waals surface area (Å²) in [4.78, 5) is 0. The third-order valence-corrected chi connectivity index (χ3v) is 0. The van der Waals surface area contributed by atoms with Crippen LogP contribution < -0.4 is 0 Å². The molecule has 0 saturated heterocycles. The Morgan fingerprint density at radius 3 is 1.00 bits per heavy atom. The van der Waals surface area contributed by atoms with Crippen LogP contribution in [0.2, 0.25) is 0 Å². The van der Waals surface area contributed by atoms with E-state index in [1.165, 1.54) is 0 Å². The average molecular weight is 417 g/mol. The molecule has 0 atom stereocenters. The summed E-state index contributed by atoms with van der Waals surface area (Å²) in [5.41, 5.74) is 0. The van der Waals surface area contributed by atoms with Crippen LogP contribution >= 0.6 is 0 Å². The van der Waals surface area contributed by atoms with Gasteiger partial charge in [-0.05, 0) is 0 Å². The van der Waals surface area contributed by atoms with Crippen LogP contribution in [0.3, 0.4) is 0 Å². The molecule has 4 heavy (non-hydrogen) atoms. The van der Waals surface area contributed by atoms with E-state index in [1.54, 1.807) is 0 Å². The standard InChI is InChI=1S/Gd.H2O.Sm.Zr/h;1H2;;. The van der Waals surface area contributed by atoms with Crippen molar-refractivity contribution in [3.05, 3.63) is 0 Å². The second-order valence-corrected chi connectivity index (χ2v) is 0. The van der Waals surface area contributed by atoms with Gasteiger partial charge in [0.1, 0.15) is 0 Å². The van der Waals surface area contributed by atoms with Gasteiger partial charge in [-0.2, -0.15) is 0 Å². The molecular weight excluding hydrogens is 415 g/mol. The largest absolute Gasteiger partial charge is 0.412 e. The molecule has 0 fully saturated rings. The Labute approximate surface area is 109 Å². The summed E-state index contributed by atoms with van der Waals surface area (Å²) in [6.45, 7) is 0. The summed E-state index contributed by atoms with van der Waals surface area (Å²) < 4.78 is 0. The fourth-order valence-corrected chi connectivity index (χ4v) is 0. The van der Waals surface area contributed by atoms with Gasteiger partial charge in [-0.25, -0.2) is 0 Å². The van der Waals surface area contributed by atoms with Crippen LogP contribution in [0.25, 0.3) is 0 Å². The van der Waals surface area contributed by atoms with Crippen molar-refractivity contribution in [3.63, 3.8) is 0 Å². The molecule has 26 valence electrons. The van der Waals surface area contributed by atoms with E-state index in [4.69, 9.17) is 0 Å². The SMILES string of the molecule is O.[Gd].[Sm].[Zr]. The van der Waals surface area contributed by atoms with E-state index in [0.717, 1.165) is 0 Å². The molecule has 0 aromatic rings. The summed E-state index contributed by atoms with van der Waals surface area (Å²) in [5, 5.41) is 0. The second-order valence-electron chi connectivity index (χ2n) is 0. The maximum absolute atomic E-state index is 0. The van der Waals surface area contributed by atoms with Crippen molar-refractivity contribution in [2.45, 2.75) is 0 Å². The van der Waals surface area contributed by atoms with E-state index in [-0.39, 0.29) is 112 Å². The first-order valence-electron chi connectivity index (χ1n) is 0. The Bertz CT molecular complexity index is 8.00. The first-order chi connectivity index (χ1) is 0. The molecule has 0 aliphatic rings. The van der Waals surface area contributed by atoms with E-state index in [1.807, 2.05) is 0 Å². The smallest absolute Gasteiger partial charge is 0 e. The van der Waals surface area contributed by atoms with Gasteiger partial charge in [0.15, 0.2) is 0 Å². The summed E-state index contributed by atoms with van der Waals surface area (Å²) in [6.07, 6.45) is 0. The van der Waals surface area contributed by atoms with Crippen LogP contribution in [-0.4, -0.2) is 5.48 Å². The van der Waals surface area contributed by atoms with E-state index >= 15 is 0 Å². The second kappa shape index (κ2) is 16.0. The Morgan fingerprint density at radius 2 is 1.00 bits per heavy atom. The fourth-order valence-electron chi connectivity index (χ4n) is 0. The molecule has 0 aliphatic carbocycles. The molecule has 0 bridgehead atoms. The molecule has 0 aromatic heterocycles. The minimum Gasteiger partial charge on any atom is -0.412 e. The average Bonchev–Trinajstić information content (AvgIpc) is 0. The molecule has 0 heterocycles. The molecule has 0 radical (unpaired) electrons. The van der Waals surface area contributed by atoms with Crippen LogP contribution in [0, 0.1) is 80.3 Å². The van der Waals surface area contributed by atoms with E-state index in [9.17, 15) is 0 Å². The molecule has 1 nitrogen and oxygen atoms in total. The molecule has 0 rings (SSSR count). The van der Waals surface area contributed by atoms with Crippen LogP contribution in [0.1, 0.15) is 0 Å². The third kappa shape index (κ3) is 9.09. The first kappa shape index (κ1) is 25.8. The van der Waals surface area contributed by atoms with Crippen molar-refractivity contribution in [2.75, 3.05) is 0 Å². The van der Waals surface area contributed by atoms with Crippen LogP contribution in [-0.2, 0) is 26.2 Å². The summed E-state index contributed by atoms with van der Waals surface area (Å²) in [6, 6.07) is 0. The van der Waals surface area contributed by atoms with Crippen molar-refractivity contribution in [3.8, 4) is 0 Å². The van der Waals surface area contributed by atoms with Crippen molar-refractivity contribution in [2.24, 2.45) is 0 Å². The molecule has 4 heteroatoms. The van der Waals surface area contributed by atoms with E-state index in [0.29, 0.717) is 0 Å². The maximum Gasteiger partial charge on any atom is 0 e. The van der Waals surface area contributed by atoms with Gasteiger partial charge in [-0.3, -0.25) is 0 Å². The molecule has 0 amide bonds. The number of rotatable bonds is 0. The van der Waals surface area contributed by atoms with E-state index < -0.39 is 0 Å². The Hall–Kier alpha value is 3.51. The fraction of sp³-hybridized carbons (Fsp3) is 0. The molecule has 0 unspecified atom stereocenters. The van der Waals surface area contributed by atoms with E-state index in [2.05, 4.69) is 0 Å². The molecule has 0 aliphatic heterocycles. The monoisotopic (exact) mass is 418 g/mol. The number of hydrogen-bond acceptors (Lipinski definition) is 0. The predicted molar refractivity (Wildman–Crippen MR) is 3.61 cm³/mol. The Balaban J connectivity index is 0. The maximum atomic E-state index is 0. The van der Waals surface area contributed by atoms with Gasteiger partial charge >= 0.3 is 0 Å². The summed E-state index contributed by atoms with van der Waals surface area (Å²) >= 11 is 0. The normalized spacial score (nSPS) is 0. The van der Waals surface area contributed by atoms with Gasteiger partial charge in [0, 0.05) is 107 Å². The zero-order chi connectivity index (χ0) is 0. The first-order valence-corrected chi connectivity index (χ1v) is 0. The van der Waals surface area contributed by atoms with Crippen LogP contribution in [0.5, 0.6) is 0 Å². The van der Waals surface area contributed by atoms with Gasteiger partial charge in [0.05, 0.1) is 0 Å². The Kier molecular flexibility index (Phi) is 104. The van der Waals surface area contributed by atoms with Gasteiger partial charge < -0.3 is 5.48 Å². The predicted octanol–water partition coefficient (Wildman–Crippen LogP) is -0.827. The van der Waals surface area contributed by atoms with Crippen molar-refractivity contribution in [1.82, 2.24) is 0 Å². The Morgan fingerprint density at radius 1 is 1.00 bits per heavy atom. The zero-order valence-corrected chi connectivity index (χ0v) is 9.11. The van der Waals surface area contributed by atoms with Crippen LogP contribution in [0.15, 0.2) is 0 Å². The van der Waals surface area contributed by atoms with Crippen molar-refractivity contribution in [1.29, 1.82) is 0 Å². The molecule has 2 N–H and O–H groups in total. The molecular formula is H2GdOSmZr. The van der Waals surface area contributed by atoms with Gasteiger partial charge in [0.2, 0.25) is 0 Å². The summed E-state index contributed by atoms with van der Waals surface area (Å²) in [5.74, 6) is 0. The third-order valence-electron chi connectivity index (χ3n) is 0. The molecule has 0 saturated carbocycles. The van der Waals surface area contributed by atoms with Gasteiger partial charge in [-0.15, -0.1) is 0 Å². The zero-order valence-electron chi connectivity index (χ0n) is 1.76. The van der Waals surface area contributed by atoms with Crippen molar-refractivity contribution < 1.29 is 112 Å². The summed E-state index contributed by atoms with van der Waals surface area (Å²) in [7, 11) is 0. The topological polar surface area (TPSA) is 31.5 Å². The number of hydrogen-bond donors (Lipinski definition) is 0. The van der Waals surface area contributed by atoms with Crippen molar-refractivity contribution >= 4 is 0 Å². The van der Waals surface area contributed by atoms with Gasteiger partial charge in [0.25, 0.3) is 0 Å². The van der Waals surface area contributed by atoms with Crippen LogP contribution in [0.4, 0.5) is 0 Å². The molecule has 0 spiro atoms. The quantitative estimate of drug-likeness (QED) is 0.494. The minimum absolute atomic E-state index is 0. The minimum atomic E-state index is 0. The molecule has 0 aromatic carbocycles.